The van der Waals surface area contributed by atoms with E-state index in [2.05, 4.69) is 15.2 Å². The summed E-state index contributed by atoms with van der Waals surface area (Å²) in [5.41, 5.74) is 1.47. The Hall–Kier alpha value is -2.50. The van der Waals surface area contributed by atoms with Crippen molar-refractivity contribution in [3.63, 3.8) is 0 Å². The van der Waals surface area contributed by atoms with Gasteiger partial charge in [-0.3, -0.25) is 14.5 Å². The molecule has 1 aliphatic rings. The second kappa shape index (κ2) is 11.3. The van der Waals surface area contributed by atoms with Crippen molar-refractivity contribution >= 4 is 32.9 Å². The first-order valence-corrected chi connectivity index (χ1v) is 13.3. The molecule has 2 amide bonds. The number of sulfonamides is 1. The Morgan fingerprint density at radius 3 is 2.44 bits per heavy atom. The van der Waals surface area contributed by atoms with Crippen molar-refractivity contribution in [1.29, 1.82) is 0 Å². The molecule has 11 heteroatoms. The zero-order valence-electron chi connectivity index (χ0n) is 20.6. The summed E-state index contributed by atoms with van der Waals surface area (Å²) in [6.07, 6.45) is 1.73. The van der Waals surface area contributed by atoms with E-state index in [1.807, 2.05) is 23.3 Å². The summed E-state index contributed by atoms with van der Waals surface area (Å²) < 4.78 is 28.2. The van der Waals surface area contributed by atoms with Crippen LogP contribution in [0.3, 0.4) is 0 Å². The average molecular weight is 493 g/mol. The molecule has 1 aromatic carbocycles. The molecule has 0 atom stereocenters. The molecule has 0 spiro atoms. The molecule has 2 heterocycles. The fraction of sp³-hybridized carbons (Fsp3) is 0.609. The van der Waals surface area contributed by atoms with E-state index in [4.69, 9.17) is 0 Å². The highest BCUT2D eigenvalue weighted by Crippen LogP contribution is 2.23. The van der Waals surface area contributed by atoms with E-state index in [0.29, 0.717) is 64.2 Å². The molecule has 34 heavy (non-hydrogen) atoms. The van der Waals surface area contributed by atoms with Crippen molar-refractivity contribution in [3.8, 4) is 0 Å². The Morgan fingerprint density at radius 1 is 1.12 bits per heavy atom. The lowest BCUT2D eigenvalue weighted by molar-refractivity contribution is -0.133. The predicted octanol–water partition coefficient (Wildman–Crippen LogP) is 0.910. The number of nitrogens with zero attached hydrogens (tertiary/aromatic N) is 5. The first-order valence-electron chi connectivity index (χ1n) is 11.9. The minimum Gasteiger partial charge on any atom is -0.355 e. The first kappa shape index (κ1) is 26.1. The zero-order chi connectivity index (χ0) is 24.9. The monoisotopic (exact) mass is 492 g/mol. The van der Waals surface area contributed by atoms with Crippen molar-refractivity contribution in [2.24, 2.45) is 0 Å². The lowest BCUT2D eigenvalue weighted by Gasteiger charge is -2.34. The smallest absolute Gasteiger partial charge is 0.242 e. The van der Waals surface area contributed by atoms with E-state index in [0.717, 1.165) is 17.8 Å². The van der Waals surface area contributed by atoms with Gasteiger partial charge in [-0.2, -0.15) is 0 Å². The molecular formula is C23H36N6O4S. The minimum absolute atomic E-state index is 0.0293. The van der Waals surface area contributed by atoms with E-state index < -0.39 is 10.0 Å². The standard InChI is InChI=1S/C23H36N6O4S/c1-5-11-24-22(30)17-27-12-14-28(15-13-27)23(31)10-9-21-25-19-16-18(34(32,33)26(3)4)7-8-20(19)29(21)6-2/h7-8,16H,5-6,9-15,17H2,1-4H3,(H,24,30). The Kier molecular flexibility index (Phi) is 8.67. The van der Waals surface area contributed by atoms with Gasteiger partial charge >= 0.3 is 0 Å². The van der Waals surface area contributed by atoms with Crippen LogP contribution in [0.4, 0.5) is 0 Å². The zero-order valence-corrected chi connectivity index (χ0v) is 21.4. The van der Waals surface area contributed by atoms with Crippen LogP contribution >= 0.6 is 0 Å². The number of fused-ring (bicyclic) bond motifs is 1. The third-order valence-electron chi connectivity index (χ3n) is 6.12. The minimum atomic E-state index is -3.54. The van der Waals surface area contributed by atoms with Gasteiger partial charge in [0.1, 0.15) is 5.82 Å². The normalized spacial score (nSPS) is 15.3. The number of imidazole rings is 1. The molecule has 0 aliphatic carbocycles. The number of carbonyl (C=O) groups excluding carboxylic acids is 2. The van der Waals surface area contributed by atoms with Crippen molar-refractivity contribution in [3.05, 3.63) is 24.0 Å². The number of aryl methyl sites for hydroxylation is 2. The lowest BCUT2D eigenvalue weighted by atomic mass is 10.2. The average Bonchev–Trinajstić information content (AvgIpc) is 3.18. The Labute approximate surface area is 201 Å². The summed E-state index contributed by atoms with van der Waals surface area (Å²) in [6.45, 7) is 8.34. The fourth-order valence-corrected chi connectivity index (χ4v) is 5.05. The molecule has 1 aliphatic heterocycles. The van der Waals surface area contributed by atoms with Gasteiger partial charge in [0.15, 0.2) is 0 Å². The molecule has 0 saturated carbocycles. The molecule has 10 nitrogen and oxygen atoms in total. The predicted molar refractivity (Wildman–Crippen MR) is 131 cm³/mol. The molecule has 1 aromatic heterocycles. The van der Waals surface area contributed by atoms with Gasteiger partial charge in [-0.15, -0.1) is 0 Å². The topological polar surface area (TPSA) is 108 Å². The summed E-state index contributed by atoms with van der Waals surface area (Å²) in [5.74, 6) is 0.874. The maximum absolute atomic E-state index is 12.8. The number of carbonyl (C=O) groups is 2. The van der Waals surface area contributed by atoms with Crippen LogP contribution in [-0.4, -0.2) is 97.3 Å². The number of piperazine rings is 1. The van der Waals surface area contributed by atoms with E-state index in [1.165, 1.54) is 18.4 Å². The summed E-state index contributed by atoms with van der Waals surface area (Å²) in [7, 11) is -0.537. The number of benzene rings is 1. The number of nitrogens with one attached hydrogen (secondary N) is 1. The molecule has 1 fully saturated rings. The van der Waals surface area contributed by atoms with Gasteiger partial charge in [0, 0.05) is 66.2 Å². The van der Waals surface area contributed by atoms with Crippen LogP contribution in [0.1, 0.15) is 32.5 Å². The molecular weight excluding hydrogens is 456 g/mol. The second-order valence-corrected chi connectivity index (χ2v) is 10.9. The molecule has 0 unspecified atom stereocenters. The Bertz CT molecular complexity index is 1120. The SMILES string of the molecule is CCCNC(=O)CN1CCN(C(=O)CCc2nc3cc(S(=O)(=O)N(C)C)ccc3n2CC)CC1. The Balaban J connectivity index is 1.60. The van der Waals surface area contributed by atoms with Crippen molar-refractivity contribution in [2.75, 3.05) is 53.4 Å². The van der Waals surface area contributed by atoms with Gasteiger partial charge in [-0.05, 0) is 31.5 Å². The molecule has 0 radical (unpaired) electrons. The molecule has 3 rings (SSSR count). The summed E-state index contributed by atoms with van der Waals surface area (Å²) >= 11 is 0. The molecule has 0 bridgehead atoms. The van der Waals surface area contributed by atoms with Crippen LogP contribution in [0, 0.1) is 0 Å². The highest BCUT2D eigenvalue weighted by atomic mass is 32.2. The van der Waals surface area contributed by atoms with Gasteiger partial charge in [0.05, 0.1) is 22.5 Å². The fourth-order valence-electron chi connectivity index (χ4n) is 4.13. The van der Waals surface area contributed by atoms with Crippen LogP contribution < -0.4 is 5.32 Å². The number of rotatable bonds is 10. The maximum atomic E-state index is 12.8. The van der Waals surface area contributed by atoms with Crippen molar-refractivity contribution < 1.29 is 18.0 Å². The van der Waals surface area contributed by atoms with Crippen LogP contribution in [-0.2, 0) is 32.6 Å². The maximum Gasteiger partial charge on any atom is 0.242 e. The Morgan fingerprint density at radius 2 is 1.82 bits per heavy atom. The van der Waals surface area contributed by atoms with E-state index >= 15 is 0 Å². The van der Waals surface area contributed by atoms with Gasteiger partial charge in [0.25, 0.3) is 0 Å². The third-order valence-corrected chi connectivity index (χ3v) is 7.93. The van der Waals surface area contributed by atoms with Crippen LogP contribution in [0.15, 0.2) is 23.1 Å². The quantitative estimate of drug-likeness (QED) is 0.528. The van der Waals surface area contributed by atoms with Crippen LogP contribution in [0.2, 0.25) is 0 Å². The van der Waals surface area contributed by atoms with Crippen molar-refractivity contribution in [2.45, 2.75) is 44.6 Å². The highest BCUT2D eigenvalue weighted by molar-refractivity contribution is 7.89. The molecule has 1 N–H and O–H groups in total. The second-order valence-electron chi connectivity index (χ2n) is 8.72. The number of hydrogen-bond donors (Lipinski definition) is 1. The van der Waals surface area contributed by atoms with Gasteiger partial charge in [0.2, 0.25) is 21.8 Å². The van der Waals surface area contributed by atoms with Gasteiger partial charge in [-0.1, -0.05) is 6.92 Å². The third kappa shape index (κ3) is 5.94. The van der Waals surface area contributed by atoms with Gasteiger partial charge < -0.3 is 14.8 Å². The molecule has 2 aromatic rings. The van der Waals surface area contributed by atoms with E-state index in [9.17, 15) is 18.0 Å². The van der Waals surface area contributed by atoms with E-state index in [1.54, 1.807) is 18.2 Å². The summed E-state index contributed by atoms with van der Waals surface area (Å²) in [6, 6.07) is 4.98. The van der Waals surface area contributed by atoms with Crippen LogP contribution in [0.5, 0.6) is 0 Å². The summed E-state index contributed by atoms with van der Waals surface area (Å²) in [4.78, 5) is 33.5. The molecule has 1 saturated heterocycles. The first-order chi connectivity index (χ1) is 16.2. The lowest BCUT2D eigenvalue weighted by Crippen LogP contribution is -2.51. The largest absolute Gasteiger partial charge is 0.355 e. The van der Waals surface area contributed by atoms with Crippen LogP contribution in [0.25, 0.3) is 11.0 Å². The number of hydrogen-bond acceptors (Lipinski definition) is 6. The highest BCUT2D eigenvalue weighted by Gasteiger charge is 2.23. The van der Waals surface area contributed by atoms with Crippen molar-refractivity contribution in [1.82, 2.24) is 29.0 Å². The number of aromatic nitrogens is 2. The molecule has 188 valence electrons. The van der Waals surface area contributed by atoms with Gasteiger partial charge in [-0.25, -0.2) is 17.7 Å². The van der Waals surface area contributed by atoms with E-state index in [-0.39, 0.29) is 16.7 Å². The number of amides is 2. The summed E-state index contributed by atoms with van der Waals surface area (Å²) in [5, 5.41) is 2.88.